The van der Waals surface area contributed by atoms with Gasteiger partial charge in [-0.1, -0.05) is 136 Å². The monoisotopic (exact) mass is 404 g/mol. The minimum atomic E-state index is 0.418. The van der Waals surface area contributed by atoms with Crippen LogP contribution in [-0.2, 0) is 0 Å². The molecule has 0 aliphatic rings. The Hall–Kier alpha value is -3.12. The Morgan fingerprint density at radius 1 is 0.516 bits per heavy atom. The first-order valence-electron chi connectivity index (χ1n) is 11.6. The van der Waals surface area contributed by atoms with Crippen LogP contribution in [0.4, 0.5) is 0 Å². The van der Waals surface area contributed by atoms with Crippen LogP contribution in [0, 0.1) is 5.92 Å². The first-order chi connectivity index (χ1) is 15.3. The molecule has 156 valence electrons. The van der Waals surface area contributed by atoms with E-state index in [9.17, 15) is 0 Å². The van der Waals surface area contributed by atoms with Crippen molar-refractivity contribution < 1.29 is 0 Å². The van der Waals surface area contributed by atoms with E-state index >= 15 is 0 Å². The summed E-state index contributed by atoms with van der Waals surface area (Å²) < 4.78 is 0. The fraction of sp³-hybridized carbons (Fsp3) is 0.226. The van der Waals surface area contributed by atoms with Gasteiger partial charge in [0.05, 0.1) is 0 Å². The SMILES string of the molecule is CCCCC(C)C(c1ccc(-c2ccccc2)cc1)c1ccc(-c2ccccc2)cc1. The highest BCUT2D eigenvalue weighted by Gasteiger charge is 2.21. The van der Waals surface area contributed by atoms with Crippen LogP contribution in [0.5, 0.6) is 0 Å². The number of unbranched alkanes of at least 4 members (excludes halogenated alkanes) is 1. The quantitative estimate of drug-likeness (QED) is 0.275. The average Bonchev–Trinajstić information content (AvgIpc) is 2.85. The highest BCUT2D eigenvalue weighted by Crippen LogP contribution is 2.36. The van der Waals surface area contributed by atoms with Crippen LogP contribution in [0.25, 0.3) is 22.3 Å². The number of hydrogen-bond donors (Lipinski definition) is 0. The van der Waals surface area contributed by atoms with E-state index in [2.05, 4.69) is 123 Å². The van der Waals surface area contributed by atoms with Crippen molar-refractivity contribution in [3.8, 4) is 22.3 Å². The maximum Gasteiger partial charge on any atom is 0.0115 e. The second kappa shape index (κ2) is 10.3. The molecule has 4 aromatic rings. The van der Waals surface area contributed by atoms with Crippen molar-refractivity contribution >= 4 is 0 Å². The minimum absolute atomic E-state index is 0.418. The zero-order valence-corrected chi connectivity index (χ0v) is 18.7. The molecule has 0 bridgehead atoms. The summed E-state index contributed by atoms with van der Waals surface area (Å²) in [5.74, 6) is 1.02. The predicted octanol–water partition coefficient (Wildman–Crippen LogP) is 8.98. The molecule has 0 aliphatic carbocycles. The van der Waals surface area contributed by atoms with Crippen LogP contribution in [0.15, 0.2) is 109 Å². The van der Waals surface area contributed by atoms with Crippen LogP contribution in [0.2, 0.25) is 0 Å². The molecule has 0 amide bonds. The van der Waals surface area contributed by atoms with E-state index in [1.54, 1.807) is 0 Å². The predicted molar refractivity (Wildman–Crippen MR) is 134 cm³/mol. The molecule has 0 saturated carbocycles. The molecule has 0 aromatic heterocycles. The van der Waals surface area contributed by atoms with Gasteiger partial charge in [0.15, 0.2) is 0 Å². The first kappa shape index (κ1) is 21.1. The Labute approximate surface area is 187 Å². The highest BCUT2D eigenvalue weighted by molar-refractivity contribution is 5.65. The van der Waals surface area contributed by atoms with E-state index in [0.29, 0.717) is 11.8 Å². The van der Waals surface area contributed by atoms with Gasteiger partial charge in [-0.25, -0.2) is 0 Å². The van der Waals surface area contributed by atoms with Crippen molar-refractivity contribution in [1.29, 1.82) is 0 Å². The average molecular weight is 405 g/mol. The fourth-order valence-corrected chi connectivity index (χ4v) is 4.57. The Kier molecular flexibility index (Phi) is 6.99. The zero-order valence-electron chi connectivity index (χ0n) is 18.7. The van der Waals surface area contributed by atoms with Crippen molar-refractivity contribution in [2.45, 2.75) is 39.0 Å². The molecule has 0 aliphatic heterocycles. The molecule has 0 heteroatoms. The lowest BCUT2D eigenvalue weighted by Gasteiger charge is -2.26. The van der Waals surface area contributed by atoms with Crippen LogP contribution in [0.1, 0.15) is 50.2 Å². The van der Waals surface area contributed by atoms with Gasteiger partial charge in [-0.05, 0) is 45.7 Å². The molecule has 0 fully saturated rings. The summed E-state index contributed by atoms with van der Waals surface area (Å²) >= 11 is 0. The molecule has 0 heterocycles. The second-order valence-electron chi connectivity index (χ2n) is 8.57. The summed E-state index contributed by atoms with van der Waals surface area (Å²) in [6, 6.07) is 39.7. The Balaban J connectivity index is 1.64. The van der Waals surface area contributed by atoms with E-state index in [4.69, 9.17) is 0 Å². The topological polar surface area (TPSA) is 0 Å². The number of rotatable bonds is 8. The summed E-state index contributed by atoms with van der Waals surface area (Å²) in [7, 11) is 0. The lowest BCUT2D eigenvalue weighted by molar-refractivity contribution is 0.455. The summed E-state index contributed by atoms with van der Waals surface area (Å²) in [5, 5.41) is 0. The van der Waals surface area contributed by atoms with Gasteiger partial charge >= 0.3 is 0 Å². The fourth-order valence-electron chi connectivity index (χ4n) is 4.57. The molecule has 0 saturated heterocycles. The van der Waals surface area contributed by atoms with E-state index in [-0.39, 0.29) is 0 Å². The lowest BCUT2D eigenvalue weighted by Crippen LogP contribution is -2.12. The van der Waals surface area contributed by atoms with Crippen LogP contribution < -0.4 is 0 Å². The van der Waals surface area contributed by atoms with Gasteiger partial charge in [0.1, 0.15) is 0 Å². The number of benzene rings is 4. The molecular weight excluding hydrogens is 372 g/mol. The molecule has 1 unspecified atom stereocenters. The first-order valence-corrected chi connectivity index (χ1v) is 11.6. The van der Waals surface area contributed by atoms with Gasteiger partial charge in [-0.3, -0.25) is 0 Å². The molecule has 4 aromatic carbocycles. The molecule has 31 heavy (non-hydrogen) atoms. The molecule has 0 N–H and O–H groups in total. The maximum atomic E-state index is 2.41. The molecule has 0 nitrogen and oxygen atoms in total. The van der Waals surface area contributed by atoms with E-state index in [1.807, 2.05) is 0 Å². The van der Waals surface area contributed by atoms with E-state index < -0.39 is 0 Å². The molecule has 0 radical (unpaired) electrons. The van der Waals surface area contributed by atoms with Crippen LogP contribution >= 0.6 is 0 Å². The van der Waals surface area contributed by atoms with Crippen molar-refractivity contribution in [2.24, 2.45) is 5.92 Å². The third-order valence-electron chi connectivity index (χ3n) is 6.34. The molecule has 1 atom stereocenters. The van der Waals surface area contributed by atoms with Crippen molar-refractivity contribution in [2.75, 3.05) is 0 Å². The summed E-state index contributed by atoms with van der Waals surface area (Å²) in [6.45, 7) is 4.70. The normalized spacial score (nSPS) is 12.1. The van der Waals surface area contributed by atoms with Gasteiger partial charge in [-0.15, -0.1) is 0 Å². The van der Waals surface area contributed by atoms with Crippen LogP contribution in [0.3, 0.4) is 0 Å². The largest absolute Gasteiger partial charge is 0.0654 e. The van der Waals surface area contributed by atoms with Gasteiger partial charge in [0.25, 0.3) is 0 Å². The summed E-state index contributed by atoms with van der Waals surface area (Å²) in [4.78, 5) is 0. The lowest BCUT2D eigenvalue weighted by atomic mass is 9.78. The Morgan fingerprint density at radius 2 is 0.903 bits per heavy atom. The minimum Gasteiger partial charge on any atom is -0.0654 e. The standard InChI is InChI=1S/C31H32/c1-3-4-11-24(2)31(29-20-16-27(17-21-29)25-12-7-5-8-13-25)30-22-18-28(19-23-30)26-14-9-6-10-15-26/h5-10,12-24,31H,3-4,11H2,1-2H3. The van der Waals surface area contributed by atoms with Crippen molar-refractivity contribution in [3.63, 3.8) is 0 Å². The maximum absolute atomic E-state index is 2.41. The third-order valence-corrected chi connectivity index (χ3v) is 6.34. The Morgan fingerprint density at radius 3 is 1.29 bits per heavy atom. The molecule has 4 rings (SSSR count). The van der Waals surface area contributed by atoms with E-state index in [1.165, 1.54) is 52.6 Å². The number of hydrogen-bond acceptors (Lipinski definition) is 0. The second-order valence-corrected chi connectivity index (χ2v) is 8.57. The van der Waals surface area contributed by atoms with Crippen molar-refractivity contribution in [3.05, 3.63) is 120 Å². The van der Waals surface area contributed by atoms with Crippen LogP contribution in [-0.4, -0.2) is 0 Å². The van der Waals surface area contributed by atoms with Gasteiger partial charge < -0.3 is 0 Å². The van der Waals surface area contributed by atoms with Gasteiger partial charge in [0, 0.05) is 5.92 Å². The molecule has 0 spiro atoms. The summed E-state index contributed by atoms with van der Waals surface area (Å²) in [5.41, 5.74) is 7.94. The Bertz CT molecular complexity index is 962. The smallest absolute Gasteiger partial charge is 0.0115 e. The summed E-state index contributed by atoms with van der Waals surface area (Å²) in [6.07, 6.45) is 3.78. The van der Waals surface area contributed by atoms with Crippen molar-refractivity contribution in [1.82, 2.24) is 0 Å². The zero-order chi connectivity index (χ0) is 21.5. The highest BCUT2D eigenvalue weighted by atomic mass is 14.3. The van der Waals surface area contributed by atoms with Gasteiger partial charge in [0.2, 0.25) is 0 Å². The molecular formula is C31H32. The third kappa shape index (κ3) is 5.14. The van der Waals surface area contributed by atoms with E-state index in [0.717, 1.165) is 0 Å². The van der Waals surface area contributed by atoms with Gasteiger partial charge in [-0.2, -0.15) is 0 Å².